The molecule has 1 rings (SSSR count). The monoisotopic (exact) mass is 241 g/mol. The van der Waals surface area contributed by atoms with Crippen LogP contribution in [0.1, 0.15) is 25.3 Å². The van der Waals surface area contributed by atoms with Crippen molar-refractivity contribution >= 4 is 0 Å². The maximum Gasteiger partial charge on any atom is 0.162 e. The molecule has 5 heteroatoms. The molecule has 0 fully saturated rings. The van der Waals surface area contributed by atoms with Gasteiger partial charge in [0.15, 0.2) is 5.76 Å². The average molecular weight is 241 g/mol. The minimum atomic E-state index is 0.187. The Balaban J connectivity index is 2.29. The van der Waals surface area contributed by atoms with Crippen molar-refractivity contribution in [1.82, 2.24) is 15.4 Å². The Morgan fingerprint density at radius 3 is 2.94 bits per heavy atom. The van der Waals surface area contributed by atoms with Crippen LogP contribution in [0.25, 0.3) is 0 Å². The van der Waals surface area contributed by atoms with Gasteiger partial charge in [0.25, 0.3) is 0 Å². The van der Waals surface area contributed by atoms with Crippen LogP contribution in [-0.4, -0.2) is 43.3 Å². The summed E-state index contributed by atoms with van der Waals surface area (Å²) in [5.41, 5.74) is 0.922. The van der Waals surface area contributed by atoms with Crippen molar-refractivity contribution in [3.05, 3.63) is 17.5 Å². The summed E-state index contributed by atoms with van der Waals surface area (Å²) < 4.78 is 10.8. The van der Waals surface area contributed by atoms with E-state index in [1.165, 1.54) is 0 Å². The van der Waals surface area contributed by atoms with Crippen LogP contribution in [0.5, 0.6) is 0 Å². The molecular formula is C12H23N3O2. The van der Waals surface area contributed by atoms with Crippen LogP contribution in [-0.2, 0) is 17.9 Å². The number of hydrogen-bond acceptors (Lipinski definition) is 5. The van der Waals surface area contributed by atoms with E-state index in [-0.39, 0.29) is 6.10 Å². The van der Waals surface area contributed by atoms with Crippen LogP contribution in [0.15, 0.2) is 10.6 Å². The van der Waals surface area contributed by atoms with Crippen LogP contribution < -0.4 is 5.32 Å². The Labute approximate surface area is 103 Å². The Morgan fingerprint density at radius 1 is 1.53 bits per heavy atom. The molecule has 0 aliphatic rings. The van der Waals surface area contributed by atoms with Gasteiger partial charge in [-0.05, 0) is 27.6 Å². The third kappa shape index (κ3) is 5.81. The second-order valence-electron chi connectivity index (χ2n) is 4.45. The molecule has 1 aromatic heterocycles. The van der Waals surface area contributed by atoms with Crippen LogP contribution in [0.4, 0.5) is 0 Å². The molecule has 1 aromatic rings. The zero-order valence-electron chi connectivity index (χ0n) is 11.2. The Morgan fingerprint density at radius 2 is 2.29 bits per heavy atom. The van der Waals surface area contributed by atoms with Gasteiger partial charge in [0.1, 0.15) is 6.61 Å². The molecule has 17 heavy (non-hydrogen) atoms. The Bertz CT molecular complexity index is 312. The van der Waals surface area contributed by atoms with Gasteiger partial charge in [-0.2, -0.15) is 0 Å². The summed E-state index contributed by atoms with van der Waals surface area (Å²) in [6.07, 6.45) is 0.187. The lowest BCUT2D eigenvalue weighted by Gasteiger charge is -2.16. The molecule has 0 aliphatic carbocycles. The highest BCUT2D eigenvalue weighted by atomic mass is 16.5. The van der Waals surface area contributed by atoms with Gasteiger partial charge in [0, 0.05) is 19.2 Å². The molecule has 1 unspecified atom stereocenters. The largest absolute Gasteiger partial charge is 0.369 e. The zero-order chi connectivity index (χ0) is 12.7. The van der Waals surface area contributed by atoms with Gasteiger partial charge in [-0.3, -0.25) is 0 Å². The van der Waals surface area contributed by atoms with E-state index in [1.807, 2.05) is 20.2 Å². The molecule has 0 saturated carbocycles. The van der Waals surface area contributed by atoms with Gasteiger partial charge >= 0.3 is 0 Å². The lowest BCUT2D eigenvalue weighted by atomic mass is 10.3. The van der Waals surface area contributed by atoms with Gasteiger partial charge in [-0.25, -0.2) is 0 Å². The average Bonchev–Trinajstić information content (AvgIpc) is 2.70. The molecule has 0 aliphatic heterocycles. The van der Waals surface area contributed by atoms with Gasteiger partial charge in [0.05, 0.1) is 11.8 Å². The normalized spacial score (nSPS) is 13.2. The molecule has 1 atom stereocenters. The summed E-state index contributed by atoms with van der Waals surface area (Å²) in [6.45, 7) is 7.17. The molecule has 0 amide bonds. The van der Waals surface area contributed by atoms with E-state index in [0.717, 1.165) is 31.1 Å². The van der Waals surface area contributed by atoms with Crippen molar-refractivity contribution in [2.75, 3.05) is 27.2 Å². The third-order valence-electron chi connectivity index (χ3n) is 2.30. The van der Waals surface area contributed by atoms with Crippen molar-refractivity contribution in [2.24, 2.45) is 0 Å². The molecule has 5 nitrogen and oxygen atoms in total. The zero-order valence-corrected chi connectivity index (χ0v) is 11.2. The number of rotatable bonds is 8. The predicted molar refractivity (Wildman–Crippen MR) is 66.7 cm³/mol. The fraction of sp³-hybridized carbons (Fsp3) is 0.750. The fourth-order valence-corrected chi connectivity index (χ4v) is 1.55. The lowest BCUT2D eigenvalue weighted by Crippen LogP contribution is -2.25. The first-order valence-corrected chi connectivity index (χ1v) is 6.03. The Hall–Kier alpha value is -0.910. The molecule has 1 N–H and O–H groups in total. The molecule has 0 aromatic carbocycles. The van der Waals surface area contributed by atoms with Crippen molar-refractivity contribution < 1.29 is 9.26 Å². The summed E-state index contributed by atoms with van der Waals surface area (Å²) in [4.78, 5) is 2.10. The molecule has 98 valence electrons. The first-order valence-electron chi connectivity index (χ1n) is 6.03. The molecule has 1 heterocycles. The van der Waals surface area contributed by atoms with Gasteiger partial charge in [-0.1, -0.05) is 12.1 Å². The standard InChI is InChI=1S/C12H23N3O2/c1-5-13-7-11-6-12(17-14-11)9-16-10(2)8-15(3)4/h6,10,13H,5,7-9H2,1-4H3. The molecule has 0 bridgehead atoms. The van der Waals surface area contributed by atoms with Gasteiger partial charge in [0.2, 0.25) is 0 Å². The summed E-state index contributed by atoms with van der Waals surface area (Å²) in [5.74, 6) is 0.781. The van der Waals surface area contributed by atoms with E-state index in [4.69, 9.17) is 9.26 Å². The third-order valence-corrected chi connectivity index (χ3v) is 2.30. The maximum atomic E-state index is 5.66. The highest BCUT2D eigenvalue weighted by Crippen LogP contribution is 2.07. The van der Waals surface area contributed by atoms with Crippen molar-refractivity contribution in [2.45, 2.75) is 33.1 Å². The second kappa shape index (κ2) is 7.42. The van der Waals surface area contributed by atoms with E-state index in [9.17, 15) is 0 Å². The SMILES string of the molecule is CCNCc1cc(COC(C)CN(C)C)on1. The van der Waals surface area contributed by atoms with E-state index >= 15 is 0 Å². The first kappa shape index (κ1) is 14.2. The fourth-order valence-electron chi connectivity index (χ4n) is 1.55. The van der Waals surface area contributed by atoms with Crippen LogP contribution >= 0.6 is 0 Å². The van der Waals surface area contributed by atoms with Crippen LogP contribution in [0, 0.1) is 0 Å². The van der Waals surface area contributed by atoms with Gasteiger partial charge in [-0.15, -0.1) is 0 Å². The topological polar surface area (TPSA) is 50.5 Å². The summed E-state index contributed by atoms with van der Waals surface area (Å²) >= 11 is 0. The number of hydrogen-bond donors (Lipinski definition) is 1. The van der Waals surface area contributed by atoms with E-state index in [2.05, 4.69) is 29.2 Å². The van der Waals surface area contributed by atoms with Crippen molar-refractivity contribution in [1.29, 1.82) is 0 Å². The van der Waals surface area contributed by atoms with E-state index in [0.29, 0.717) is 6.61 Å². The molecular weight excluding hydrogens is 218 g/mol. The number of nitrogens with one attached hydrogen (secondary N) is 1. The van der Waals surface area contributed by atoms with Crippen molar-refractivity contribution in [3.63, 3.8) is 0 Å². The molecule has 0 radical (unpaired) electrons. The number of nitrogens with zero attached hydrogens (tertiary/aromatic N) is 2. The summed E-state index contributed by atoms with van der Waals surface area (Å²) in [5, 5.41) is 7.16. The quantitative estimate of drug-likeness (QED) is 0.742. The highest BCUT2D eigenvalue weighted by Gasteiger charge is 2.07. The minimum Gasteiger partial charge on any atom is -0.369 e. The lowest BCUT2D eigenvalue weighted by molar-refractivity contribution is 0.0251. The van der Waals surface area contributed by atoms with Crippen LogP contribution in [0.3, 0.4) is 0 Å². The number of likely N-dealkylation sites (N-methyl/N-ethyl adjacent to an activating group) is 1. The highest BCUT2D eigenvalue weighted by molar-refractivity contribution is 5.04. The van der Waals surface area contributed by atoms with Gasteiger partial charge < -0.3 is 19.5 Å². The molecule has 0 spiro atoms. The summed E-state index contributed by atoms with van der Waals surface area (Å²) in [6, 6.07) is 1.94. The minimum absolute atomic E-state index is 0.187. The van der Waals surface area contributed by atoms with Crippen LogP contribution in [0.2, 0.25) is 0 Å². The van der Waals surface area contributed by atoms with Crippen molar-refractivity contribution in [3.8, 4) is 0 Å². The second-order valence-corrected chi connectivity index (χ2v) is 4.45. The van der Waals surface area contributed by atoms with E-state index in [1.54, 1.807) is 0 Å². The number of aromatic nitrogens is 1. The Kier molecular flexibility index (Phi) is 6.18. The number of ether oxygens (including phenoxy) is 1. The first-order chi connectivity index (χ1) is 8.11. The molecule has 0 saturated heterocycles. The van der Waals surface area contributed by atoms with E-state index < -0.39 is 0 Å². The predicted octanol–water partition coefficient (Wildman–Crippen LogP) is 1.25. The summed E-state index contributed by atoms with van der Waals surface area (Å²) in [7, 11) is 4.06. The maximum absolute atomic E-state index is 5.66. The smallest absolute Gasteiger partial charge is 0.162 e.